The average Bonchev–Trinajstić information content (AvgIpc) is 2.75. The van der Waals surface area contributed by atoms with Gasteiger partial charge in [-0.15, -0.1) is 10.2 Å². The fraction of sp³-hybridized carbons (Fsp3) is 0.105. The van der Waals surface area contributed by atoms with E-state index in [1.165, 1.54) is 7.11 Å². The van der Waals surface area contributed by atoms with Crippen molar-refractivity contribution in [1.29, 1.82) is 0 Å². The molecule has 7 nitrogen and oxygen atoms in total. The molecule has 0 aromatic heterocycles. The number of carbonyl (C=O) groups excluding carboxylic acids is 1. The summed E-state index contributed by atoms with van der Waals surface area (Å²) in [5.74, 6) is 1.10. The molecule has 28 heavy (non-hydrogen) atoms. The van der Waals surface area contributed by atoms with Crippen LogP contribution in [-0.4, -0.2) is 22.5 Å². The zero-order valence-corrected chi connectivity index (χ0v) is 17.0. The number of hydrogen-bond donors (Lipinski definition) is 1. The quantitative estimate of drug-likeness (QED) is 0.518. The summed E-state index contributed by atoms with van der Waals surface area (Å²) in [5, 5.41) is 13.6. The topological polar surface area (TPSA) is 81.5 Å². The van der Waals surface area contributed by atoms with E-state index >= 15 is 0 Å². The van der Waals surface area contributed by atoms with Gasteiger partial charge in [-0.3, -0.25) is 5.32 Å². The van der Waals surface area contributed by atoms with Gasteiger partial charge in [0.05, 0.1) is 12.8 Å². The van der Waals surface area contributed by atoms with E-state index < -0.39 is 15.4 Å². The Morgan fingerprint density at radius 2 is 1.89 bits per heavy atom. The zero-order valence-electron chi connectivity index (χ0n) is 15.1. The molecule has 3 aromatic rings. The average molecular weight is 414 g/mol. The largest absolute Gasteiger partial charge is 0.512 e. The van der Waals surface area contributed by atoms with Crippen molar-refractivity contribution in [2.24, 2.45) is 10.2 Å². The minimum absolute atomic E-state index is 0.500. The van der Waals surface area contributed by atoms with Crippen LogP contribution in [0.1, 0.15) is 0 Å². The van der Waals surface area contributed by atoms with Gasteiger partial charge in [0.25, 0.3) is 0 Å². The SMILES string of the molecule is COC(=O)Nc1cccc2ccc3c(c12)N=Nc1cc(Cl)ccc1O[SiH](C)O3. The van der Waals surface area contributed by atoms with Gasteiger partial charge < -0.3 is 13.6 Å². The van der Waals surface area contributed by atoms with E-state index in [1.807, 2.05) is 30.8 Å². The van der Waals surface area contributed by atoms with E-state index in [4.69, 9.17) is 25.2 Å². The Labute approximate surface area is 167 Å². The van der Waals surface area contributed by atoms with Gasteiger partial charge in [-0.2, -0.15) is 0 Å². The van der Waals surface area contributed by atoms with Crippen LogP contribution in [0.15, 0.2) is 58.8 Å². The zero-order chi connectivity index (χ0) is 19.7. The molecule has 1 aliphatic heterocycles. The van der Waals surface area contributed by atoms with Crippen LogP contribution in [0.2, 0.25) is 11.6 Å². The van der Waals surface area contributed by atoms with Crippen LogP contribution in [-0.2, 0) is 4.74 Å². The first-order valence-corrected chi connectivity index (χ1v) is 11.0. The van der Waals surface area contributed by atoms with E-state index in [9.17, 15) is 4.79 Å². The van der Waals surface area contributed by atoms with E-state index in [2.05, 4.69) is 15.5 Å². The van der Waals surface area contributed by atoms with Gasteiger partial charge in [-0.1, -0.05) is 29.8 Å². The first-order chi connectivity index (χ1) is 13.5. The summed E-state index contributed by atoms with van der Waals surface area (Å²) in [5.41, 5.74) is 1.56. The second-order valence-electron chi connectivity index (χ2n) is 6.05. The van der Waals surface area contributed by atoms with Gasteiger partial charge in [0.1, 0.15) is 22.9 Å². The fourth-order valence-electron chi connectivity index (χ4n) is 2.95. The van der Waals surface area contributed by atoms with Crippen molar-refractivity contribution in [2.45, 2.75) is 6.55 Å². The van der Waals surface area contributed by atoms with E-state index in [-0.39, 0.29) is 0 Å². The highest BCUT2D eigenvalue weighted by molar-refractivity contribution is 6.44. The molecule has 4 rings (SSSR count). The lowest BCUT2D eigenvalue weighted by Gasteiger charge is -2.17. The van der Waals surface area contributed by atoms with E-state index in [1.54, 1.807) is 24.3 Å². The number of nitrogens with one attached hydrogen (secondary N) is 1. The molecule has 0 saturated carbocycles. The van der Waals surface area contributed by atoms with Crippen LogP contribution in [0.3, 0.4) is 0 Å². The van der Waals surface area contributed by atoms with Crippen LogP contribution in [0.5, 0.6) is 11.5 Å². The maximum absolute atomic E-state index is 11.8. The number of hydrogen-bond acceptors (Lipinski definition) is 6. The second-order valence-corrected chi connectivity index (χ2v) is 8.09. The first kappa shape index (κ1) is 18.3. The van der Waals surface area contributed by atoms with Crippen molar-refractivity contribution in [3.63, 3.8) is 0 Å². The van der Waals surface area contributed by atoms with Crippen molar-refractivity contribution in [1.82, 2.24) is 0 Å². The lowest BCUT2D eigenvalue weighted by molar-refractivity contribution is 0.187. The van der Waals surface area contributed by atoms with Crippen LogP contribution in [0.4, 0.5) is 21.9 Å². The molecule has 1 aliphatic rings. The number of carbonyl (C=O) groups is 1. The number of nitrogens with zero attached hydrogens (tertiary/aromatic N) is 2. The van der Waals surface area contributed by atoms with E-state index in [0.717, 1.165) is 5.39 Å². The van der Waals surface area contributed by atoms with Gasteiger partial charge in [0, 0.05) is 10.4 Å². The Balaban J connectivity index is 1.94. The second kappa shape index (κ2) is 7.49. The third-order valence-electron chi connectivity index (χ3n) is 4.17. The first-order valence-electron chi connectivity index (χ1n) is 8.50. The molecule has 1 atom stereocenters. The highest BCUT2D eigenvalue weighted by Gasteiger charge is 2.21. The molecule has 3 aromatic carbocycles. The van der Waals surface area contributed by atoms with Crippen molar-refractivity contribution in [3.05, 3.63) is 53.6 Å². The van der Waals surface area contributed by atoms with Gasteiger partial charge in [-0.05, 0) is 42.3 Å². The Morgan fingerprint density at radius 1 is 1.11 bits per heavy atom. The number of amides is 1. The van der Waals surface area contributed by atoms with Crippen LogP contribution in [0, 0.1) is 0 Å². The number of fused-ring (bicyclic) bond motifs is 4. The minimum Gasteiger partial charge on any atom is -0.512 e. The lowest BCUT2D eigenvalue weighted by Crippen LogP contribution is -2.25. The molecule has 1 amide bonds. The molecule has 1 heterocycles. The number of halogens is 1. The maximum Gasteiger partial charge on any atom is 0.441 e. The third-order valence-corrected chi connectivity index (χ3v) is 5.57. The Bertz CT molecular complexity index is 1110. The number of rotatable bonds is 1. The summed E-state index contributed by atoms with van der Waals surface area (Å²) in [6.07, 6.45) is -0.575. The number of methoxy groups -OCH3 is 1. The molecular weight excluding hydrogens is 398 g/mol. The summed E-state index contributed by atoms with van der Waals surface area (Å²) >= 11 is 6.10. The molecule has 0 saturated heterocycles. The predicted octanol–water partition coefficient (Wildman–Crippen LogP) is 5.71. The fourth-order valence-corrected chi connectivity index (χ4v) is 4.27. The molecule has 0 spiro atoms. The number of azo groups is 1. The van der Waals surface area contributed by atoms with Crippen molar-refractivity contribution < 1.29 is 18.4 Å². The third kappa shape index (κ3) is 3.51. The van der Waals surface area contributed by atoms with Gasteiger partial charge >= 0.3 is 15.4 Å². The van der Waals surface area contributed by atoms with Gasteiger partial charge in [-0.25, -0.2) is 4.79 Å². The molecule has 0 aliphatic carbocycles. The molecule has 0 radical (unpaired) electrons. The van der Waals surface area contributed by atoms with Crippen molar-refractivity contribution >= 4 is 54.8 Å². The standard InChI is InChI=1S/C19H16ClN3O4Si/c1-25-19(24)21-13-5-3-4-11-6-8-16-18(17(11)13)23-22-14-10-12(20)7-9-15(14)26-28(2)27-16/h3-10,28H,1-2H3,(H,21,24). The predicted molar refractivity (Wildman–Crippen MR) is 110 cm³/mol. The van der Waals surface area contributed by atoms with Crippen molar-refractivity contribution in [2.75, 3.05) is 12.4 Å². The Hall–Kier alpha value is -3.10. The summed E-state index contributed by atoms with van der Waals surface area (Å²) in [7, 11) is -0.784. The van der Waals surface area contributed by atoms with E-state index in [0.29, 0.717) is 39.0 Å². The molecule has 0 fully saturated rings. The smallest absolute Gasteiger partial charge is 0.441 e. The molecule has 0 bridgehead atoms. The summed E-state index contributed by atoms with van der Waals surface area (Å²) in [4.78, 5) is 11.8. The van der Waals surface area contributed by atoms with Gasteiger partial charge in [0.15, 0.2) is 0 Å². The molecule has 142 valence electrons. The van der Waals surface area contributed by atoms with Crippen LogP contribution < -0.4 is 14.2 Å². The molecule has 1 N–H and O–H groups in total. The number of benzene rings is 3. The molecular formula is C19H16ClN3O4Si. The normalized spacial score (nSPS) is 15.2. The lowest BCUT2D eigenvalue weighted by atomic mass is 10.1. The highest BCUT2D eigenvalue weighted by atomic mass is 35.5. The maximum atomic E-state index is 11.8. The van der Waals surface area contributed by atoms with Gasteiger partial charge in [0.2, 0.25) is 0 Å². The van der Waals surface area contributed by atoms with Crippen LogP contribution in [0.25, 0.3) is 10.8 Å². The summed E-state index contributed by atoms with van der Waals surface area (Å²) in [6, 6.07) is 14.4. The molecule has 1 unspecified atom stereocenters. The Kier molecular flexibility index (Phi) is 4.89. The van der Waals surface area contributed by atoms with Crippen molar-refractivity contribution in [3.8, 4) is 11.5 Å². The monoisotopic (exact) mass is 413 g/mol. The van der Waals surface area contributed by atoms with Crippen LogP contribution >= 0.6 is 11.6 Å². The minimum atomic E-state index is -2.09. The summed E-state index contributed by atoms with van der Waals surface area (Å²) < 4.78 is 16.8. The Morgan fingerprint density at radius 3 is 2.71 bits per heavy atom. The summed E-state index contributed by atoms with van der Waals surface area (Å²) in [6.45, 7) is 1.91. The molecule has 9 heteroatoms. The number of anilines is 1. The number of ether oxygens (including phenoxy) is 1. The highest BCUT2D eigenvalue weighted by Crippen LogP contribution is 2.43.